The second-order valence-corrected chi connectivity index (χ2v) is 4.05. The van der Waals surface area contributed by atoms with Crippen molar-refractivity contribution >= 4 is 5.91 Å². The zero-order chi connectivity index (χ0) is 11.7. The summed E-state index contributed by atoms with van der Waals surface area (Å²) in [6.45, 7) is 6.55. The molecule has 2 unspecified atom stereocenters. The van der Waals surface area contributed by atoms with Gasteiger partial charge in [-0.25, -0.2) is 0 Å². The Hall–Kier alpha value is -0.610. The van der Waals surface area contributed by atoms with Gasteiger partial charge in [0.1, 0.15) is 0 Å². The third-order valence-electron chi connectivity index (χ3n) is 2.30. The van der Waals surface area contributed by atoms with E-state index in [1.165, 1.54) is 0 Å². The van der Waals surface area contributed by atoms with Gasteiger partial charge in [0, 0.05) is 18.7 Å². The molecule has 0 heterocycles. The van der Waals surface area contributed by atoms with E-state index in [9.17, 15) is 4.79 Å². The first-order valence-corrected chi connectivity index (χ1v) is 5.73. The fraction of sp³-hybridized carbons (Fsp3) is 0.909. The number of amides is 1. The van der Waals surface area contributed by atoms with Gasteiger partial charge in [-0.1, -0.05) is 13.3 Å². The molecule has 0 saturated carbocycles. The van der Waals surface area contributed by atoms with Crippen molar-refractivity contribution in [2.45, 2.75) is 52.1 Å². The van der Waals surface area contributed by atoms with Crippen LogP contribution in [0.4, 0.5) is 0 Å². The monoisotopic (exact) mass is 216 g/mol. The number of hydrogen-bond donors (Lipinski definition) is 3. The van der Waals surface area contributed by atoms with E-state index < -0.39 is 0 Å². The second-order valence-electron chi connectivity index (χ2n) is 4.05. The molecule has 4 heteroatoms. The molecule has 0 aromatic rings. The smallest absolute Gasteiger partial charge is 0.234 e. The highest BCUT2D eigenvalue weighted by molar-refractivity contribution is 5.78. The van der Waals surface area contributed by atoms with Gasteiger partial charge in [-0.05, 0) is 26.7 Å². The third kappa shape index (κ3) is 8.39. The summed E-state index contributed by atoms with van der Waals surface area (Å²) in [6, 6.07) is 0.430. The lowest BCUT2D eigenvalue weighted by molar-refractivity contribution is -0.121. The Morgan fingerprint density at radius 1 is 1.27 bits per heavy atom. The molecule has 0 radical (unpaired) electrons. The van der Waals surface area contributed by atoms with Crippen LogP contribution in [0.1, 0.15) is 40.0 Å². The minimum atomic E-state index is 0.0285. The van der Waals surface area contributed by atoms with E-state index in [2.05, 4.69) is 17.6 Å². The van der Waals surface area contributed by atoms with Crippen molar-refractivity contribution in [1.29, 1.82) is 0 Å². The fourth-order valence-electron chi connectivity index (χ4n) is 1.39. The Morgan fingerprint density at radius 3 is 2.47 bits per heavy atom. The van der Waals surface area contributed by atoms with Gasteiger partial charge in [0.05, 0.1) is 6.54 Å². The summed E-state index contributed by atoms with van der Waals surface area (Å²) < 4.78 is 0. The molecule has 2 atom stereocenters. The largest absolute Gasteiger partial charge is 0.396 e. The standard InChI is InChI=1S/C11H24N2O2/c1-4-5-10(3)13-11(15)8-12-9(2)6-7-14/h9-10,12,14H,4-8H2,1-3H3,(H,13,15). The highest BCUT2D eigenvalue weighted by Gasteiger charge is 2.07. The highest BCUT2D eigenvalue weighted by Crippen LogP contribution is 1.94. The zero-order valence-corrected chi connectivity index (χ0v) is 10.0. The molecule has 0 aromatic carbocycles. The van der Waals surface area contributed by atoms with E-state index in [0.29, 0.717) is 13.0 Å². The van der Waals surface area contributed by atoms with Gasteiger partial charge in [-0.15, -0.1) is 0 Å². The lowest BCUT2D eigenvalue weighted by atomic mass is 10.2. The van der Waals surface area contributed by atoms with E-state index in [1.54, 1.807) is 0 Å². The molecule has 0 fully saturated rings. The predicted molar refractivity (Wildman–Crippen MR) is 61.7 cm³/mol. The van der Waals surface area contributed by atoms with Crippen molar-refractivity contribution in [1.82, 2.24) is 10.6 Å². The van der Waals surface area contributed by atoms with Crippen LogP contribution in [0.3, 0.4) is 0 Å². The van der Waals surface area contributed by atoms with Gasteiger partial charge in [0.25, 0.3) is 0 Å². The molecular weight excluding hydrogens is 192 g/mol. The maximum atomic E-state index is 11.4. The average molecular weight is 216 g/mol. The summed E-state index contributed by atoms with van der Waals surface area (Å²) >= 11 is 0. The molecule has 15 heavy (non-hydrogen) atoms. The number of rotatable bonds is 8. The van der Waals surface area contributed by atoms with Crippen LogP contribution in [0.5, 0.6) is 0 Å². The topological polar surface area (TPSA) is 61.4 Å². The summed E-state index contributed by atoms with van der Waals surface area (Å²) in [7, 11) is 0. The molecule has 90 valence electrons. The van der Waals surface area contributed by atoms with Crippen molar-refractivity contribution in [2.24, 2.45) is 0 Å². The van der Waals surface area contributed by atoms with E-state index >= 15 is 0 Å². The number of nitrogens with one attached hydrogen (secondary N) is 2. The van der Waals surface area contributed by atoms with Crippen LogP contribution in [-0.4, -0.2) is 36.2 Å². The molecule has 0 rings (SSSR count). The lowest BCUT2D eigenvalue weighted by Crippen LogP contribution is -2.41. The fourth-order valence-corrected chi connectivity index (χ4v) is 1.39. The number of carbonyl (C=O) groups excluding carboxylic acids is 1. The Balaban J connectivity index is 3.56. The van der Waals surface area contributed by atoms with Gasteiger partial charge in [0.2, 0.25) is 5.91 Å². The summed E-state index contributed by atoms with van der Waals surface area (Å²) in [6.07, 6.45) is 2.77. The first-order valence-electron chi connectivity index (χ1n) is 5.73. The van der Waals surface area contributed by atoms with Gasteiger partial charge >= 0.3 is 0 Å². The first-order chi connectivity index (χ1) is 7.10. The SMILES string of the molecule is CCCC(C)NC(=O)CNC(C)CCO. The van der Waals surface area contributed by atoms with E-state index in [-0.39, 0.29) is 24.6 Å². The third-order valence-corrected chi connectivity index (χ3v) is 2.30. The van der Waals surface area contributed by atoms with Crippen molar-refractivity contribution in [3.8, 4) is 0 Å². The van der Waals surface area contributed by atoms with Crippen LogP contribution in [0.25, 0.3) is 0 Å². The zero-order valence-electron chi connectivity index (χ0n) is 10.0. The van der Waals surface area contributed by atoms with Crippen LogP contribution >= 0.6 is 0 Å². The molecule has 0 aromatic heterocycles. The number of hydrogen-bond acceptors (Lipinski definition) is 3. The summed E-state index contributed by atoms with van der Waals surface area (Å²) in [5, 5.41) is 14.6. The van der Waals surface area contributed by atoms with Crippen LogP contribution in [0.15, 0.2) is 0 Å². The highest BCUT2D eigenvalue weighted by atomic mass is 16.3. The van der Waals surface area contributed by atoms with E-state index in [4.69, 9.17) is 5.11 Å². The maximum Gasteiger partial charge on any atom is 0.234 e. The van der Waals surface area contributed by atoms with Crippen LogP contribution in [0, 0.1) is 0 Å². The molecule has 0 aliphatic heterocycles. The maximum absolute atomic E-state index is 11.4. The van der Waals surface area contributed by atoms with Crippen molar-refractivity contribution in [3.63, 3.8) is 0 Å². The average Bonchev–Trinajstić information content (AvgIpc) is 2.15. The summed E-state index contributed by atoms with van der Waals surface area (Å²) in [5.74, 6) is 0.0285. The van der Waals surface area contributed by atoms with Gasteiger partial charge in [-0.3, -0.25) is 4.79 Å². The molecule has 0 saturated heterocycles. The molecular formula is C11H24N2O2. The molecule has 4 nitrogen and oxygen atoms in total. The Bertz CT molecular complexity index is 174. The predicted octanol–water partition coefficient (Wildman–Crippen LogP) is 0.652. The minimum Gasteiger partial charge on any atom is -0.396 e. The van der Waals surface area contributed by atoms with Crippen LogP contribution in [0.2, 0.25) is 0 Å². The van der Waals surface area contributed by atoms with Gasteiger partial charge < -0.3 is 15.7 Å². The molecule has 1 amide bonds. The minimum absolute atomic E-state index is 0.0285. The Kier molecular flexibility index (Phi) is 8.33. The summed E-state index contributed by atoms with van der Waals surface area (Å²) in [4.78, 5) is 11.4. The molecule has 0 bridgehead atoms. The molecule has 3 N–H and O–H groups in total. The van der Waals surface area contributed by atoms with E-state index in [0.717, 1.165) is 12.8 Å². The number of aliphatic hydroxyl groups excluding tert-OH is 1. The summed E-state index contributed by atoms with van der Waals surface area (Å²) in [5.41, 5.74) is 0. The van der Waals surface area contributed by atoms with Crippen molar-refractivity contribution < 1.29 is 9.90 Å². The molecule has 0 aliphatic carbocycles. The normalized spacial score (nSPS) is 14.7. The first kappa shape index (κ1) is 14.4. The van der Waals surface area contributed by atoms with Crippen molar-refractivity contribution in [2.75, 3.05) is 13.2 Å². The van der Waals surface area contributed by atoms with E-state index in [1.807, 2.05) is 13.8 Å². The Morgan fingerprint density at radius 2 is 1.93 bits per heavy atom. The number of carbonyl (C=O) groups is 1. The Labute approximate surface area is 92.4 Å². The van der Waals surface area contributed by atoms with Crippen LogP contribution < -0.4 is 10.6 Å². The van der Waals surface area contributed by atoms with Gasteiger partial charge in [-0.2, -0.15) is 0 Å². The van der Waals surface area contributed by atoms with Crippen molar-refractivity contribution in [3.05, 3.63) is 0 Å². The lowest BCUT2D eigenvalue weighted by Gasteiger charge is -2.15. The molecule has 0 spiro atoms. The molecule has 0 aliphatic rings. The number of aliphatic hydroxyl groups is 1. The quantitative estimate of drug-likeness (QED) is 0.558. The van der Waals surface area contributed by atoms with Gasteiger partial charge in [0.15, 0.2) is 0 Å². The van der Waals surface area contributed by atoms with Crippen LogP contribution in [-0.2, 0) is 4.79 Å². The second kappa shape index (κ2) is 8.68.